The molecule has 0 amide bonds. The van der Waals surface area contributed by atoms with Crippen molar-refractivity contribution in [2.45, 2.75) is 25.2 Å². The Bertz CT molecular complexity index is 428. The van der Waals surface area contributed by atoms with E-state index in [4.69, 9.17) is 19.3 Å². The van der Waals surface area contributed by atoms with Crippen LogP contribution in [0, 0.1) is 0 Å². The number of carbonyl (C=O) groups is 1. The number of carboxylic acid groups (broad SMARTS) is 1. The van der Waals surface area contributed by atoms with Crippen molar-refractivity contribution >= 4 is 5.97 Å². The summed E-state index contributed by atoms with van der Waals surface area (Å²) in [5.41, 5.74) is 0.844. The minimum atomic E-state index is -0.886. The van der Waals surface area contributed by atoms with Crippen molar-refractivity contribution in [1.29, 1.82) is 0 Å². The number of methoxy groups -OCH3 is 1. The van der Waals surface area contributed by atoms with Crippen LogP contribution >= 0.6 is 0 Å². The predicted octanol–water partition coefficient (Wildman–Crippen LogP) is 1.76. The molecular formula is C13H16O5. The molecule has 1 aliphatic heterocycles. The quantitative estimate of drug-likeness (QED) is 0.884. The van der Waals surface area contributed by atoms with Gasteiger partial charge in [0, 0.05) is 5.56 Å². The summed E-state index contributed by atoms with van der Waals surface area (Å²) in [6.07, 6.45) is -0.458. The highest BCUT2D eigenvalue weighted by Crippen LogP contribution is 2.35. The van der Waals surface area contributed by atoms with E-state index in [9.17, 15) is 4.79 Å². The Morgan fingerprint density at radius 3 is 2.72 bits per heavy atom. The van der Waals surface area contributed by atoms with Crippen LogP contribution in [0.25, 0.3) is 0 Å². The molecule has 1 fully saturated rings. The highest BCUT2D eigenvalue weighted by Gasteiger charge is 2.39. The van der Waals surface area contributed by atoms with E-state index >= 15 is 0 Å². The zero-order valence-electron chi connectivity index (χ0n) is 10.4. The van der Waals surface area contributed by atoms with Gasteiger partial charge < -0.3 is 19.3 Å². The molecule has 0 aliphatic carbocycles. The summed E-state index contributed by atoms with van der Waals surface area (Å²) in [7, 11) is 1.60. The summed E-state index contributed by atoms with van der Waals surface area (Å²) in [6.45, 7) is 2.07. The van der Waals surface area contributed by atoms with E-state index in [1.54, 1.807) is 14.0 Å². The van der Waals surface area contributed by atoms with Crippen molar-refractivity contribution < 1.29 is 24.1 Å². The number of carboxylic acids is 1. The largest absolute Gasteiger partial charge is 0.497 e. The summed E-state index contributed by atoms with van der Waals surface area (Å²) in [6, 6.07) is 7.33. The van der Waals surface area contributed by atoms with Crippen LogP contribution in [0.5, 0.6) is 5.75 Å². The molecule has 1 heterocycles. The maximum atomic E-state index is 10.6. The van der Waals surface area contributed by atoms with Gasteiger partial charge >= 0.3 is 5.97 Å². The lowest BCUT2D eigenvalue weighted by molar-refractivity contribution is -0.166. The minimum absolute atomic E-state index is 0.0499. The molecule has 5 heteroatoms. The Balaban J connectivity index is 2.09. The number of ether oxygens (including phenoxy) is 3. The van der Waals surface area contributed by atoms with Crippen LogP contribution in [0.4, 0.5) is 0 Å². The van der Waals surface area contributed by atoms with Gasteiger partial charge in [0.2, 0.25) is 0 Å². The van der Waals surface area contributed by atoms with Gasteiger partial charge in [-0.15, -0.1) is 0 Å². The first-order valence-corrected chi connectivity index (χ1v) is 5.71. The Hall–Kier alpha value is -1.59. The van der Waals surface area contributed by atoms with Gasteiger partial charge in [0.25, 0.3) is 0 Å². The van der Waals surface area contributed by atoms with Gasteiger partial charge in [-0.2, -0.15) is 0 Å². The van der Waals surface area contributed by atoms with Crippen molar-refractivity contribution in [3.63, 3.8) is 0 Å². The molecule has 1 N–H and O–H groups in total. The third-order valence-corrected chi connectivity index (χ3v) is 2.95. The highest BCUT2D eigenvalue weighted by atomic mass is 16.7. The molecule has 98 valence electrons. The van der Waals surface area contributed by atoms with Crippen LogP contribution in [-0.2, 0) is 20.1 Å². The van der Waals surface area contributed by atoms with Crippen LogP contribution in [0.1, 0.15) is 18.9 Å². The molecule has 1 aromatic rings. The molecular weight excluding hydrogens is 236 g/mol. The first-order valence-electron chi connectivity index (χ1n) is 5.71. The van der Waals surface area contributed by atoms with Crippen molar-refractivity contribution in [2.24, 2.45) is 0 Å². The molecule has 0 aromatic heterocycles. The molecule has 0 spiro atoms. The molecule has 0 bridgehead atoms. The molecule has 0 saturated carbocycles. The summed E-state index contributed by atoms with van der Waals surface area (Å²) in [4.78, 5) is 10.6. The fraction of sp³-hybridized carbons (Fsp3) is 0.462. The van der Waals surface area contributed by atoms with E-state index < -0.39 is 17.9 Å². The van der Waals surface area contributed by atoms with Gasteiger partial charge in [0.15, 0.2) is 5.79 Å². The monoisotopic (exact) mass is 252 g/mol. The first kappa shape index (κ1) is 12.9. The SMILES string of the molecule is COc1ccc(C2(C)OCC(CC(=O)O)O2)cc1. The molecule has 0 radical (unpaired) electrons. The Morgan fingerprint density at radius 2 is 2.17 bits per heavy atom. The molecule has 2 rings (SSSR count). The Labute approximate surface area is 105 Å². The maximum Gasteiger partial charge on any atom is 0.306 e. The number of aliphatic carboxylic acids is 1. The average Bonchev–Trinajstić information content (AvgIpc) is 2.71. The standard InChI is InChI=1S/C13H16O5/c1-13(9-3-5-10(16-2)6-4-9)17-8-11(18-13)7-12(14)15/h3-6,11H,7-8H2,1-2H3,(H,14,15). The van der Waals surface area contributed by atoms with Crippen LogP contribution in [0.3, 0.4) is 0 Å². The van der Waals surface area contributed by atoms with E-state index in [-0.39, 0.29) is 13.0 Å². The first-order chi connectivity index (χ1) is 8.53. The van der Waals surface area contributed by atoms with E-state index in [0.29, 0.717) is 0 Å². The molecule has 18 heavy (non-hydrogen) atoms. The van der Waals surface area contributed by atoms with Crippen LogP contribution < -0.4 is 4.74 Å². The number of rotatable bonds is 4. The fourth-order valence-corrected chi connectivity index (χ4v) is 1.98. The third kappa shape index (κ3) is 2.63. The second-order valence-corrected chi connectivity index (χ2v) is 4.32. The Morgan fingerprint density at radius 1 is 1.50 bits per heavy atom. The van der Waals surface area contributed by atoms with Gasteiger partial charge in [-0.1, -0.05) is 0 Å². The fourth-order valence-electron chi connectivity index (χ4n) is 1.98. The van der Waals surface area contributed by atoms with Gasteiger partial charge in [-0.3, -0.25) is 4.79 Å². The second-order valence-electron chi connectivity index (χ2n) is 4.32. The predicted molar refractivity (Wildman–Crippen MR) is 63.4 cm³/mol. The summed E-state index contributed by atoms with van der Waals surface area (Å²) in [5.74, 6) is -1.02. The summed E-state index contributed by atoms with van der Waals surface area (Å²) in [5, 5.41) is 8.73. The molecule has 1 aliphatic rings. The zero-order valence-corrected chi connectivity index (χ0v) is 10.4. The molecule has 2 atom stereocenters. The van der Waals surface area contributed by atoms with Gasteiger partial charge in [-0.05, 0) is 31.2 Å². The zero-order chi connectivity index (χ0) is 13.2. The van der Waals surface area contributed by atoms with E-state index in [0.717, 1.165) is 11.3 Å². The van der Waals surface area contributed by atoms with Gasteiger partial charge in [0.1, 0.15) is 5.75 Å². The number of hydrogen-bond donors (Lipinski definition) is 1. The maximum absolute atomic E-state index is 10.6. The smallest absolute Gasteiger partial charge is 0.306 e. The number of hydrogen-bond acceptors (Lipinski definition) is 4. The van der Waals surface area contributed by atoms with Crippen molar-refractivity contribution in [1.82, 2.24) is 0 Å². The lowest BCUT2D eigenvalue weighted by atomic mass is 10.1. The van der Waals surface area contributed by atoms with Gasteiger partial charge in [-0.25, -0.2) is 0 Å². The van der Waals surface area contributed by atoms with Crippen LogP contribution in [0.2, 0.25) is 0 Å². The number of benzene rings is 1. The van der Waals surface area contributed by atoms with Crippen molar-refractivity contribution in [2.75, 3.05) is 13.7 Å². The van der Waals surface area contributed by atoms with Crippen molar-refractivity contribution in [3.05, 3.63) is 29.8 Å². The highest BCUT2D eigenvalue weighted by molar-refractivity contribution is 5.67. The molecule has 1 aromatic carbocycles. The van der Waals surface area contributed by atoms with E-state index in [2.05, 4.69) is 0 Å². The van der Waals surface area contributed by atoms with E-state index in [1.807, 2.05) is 24.3 Å². The van der Waals surface area contributed by atoms with Crippen LogP contribution in [0.15, 0.2) is 24.3 Å². The molecule has 2 unspecified atom stereocenters. The van der Waals surface area contributed by atoms with Crippen molar-refractivity contribution in [3.8, 4) is 5.75 Å². The summed E-state index contributed by atoms with van der Waals surface area (Å²) >= 11 is 0. The summed E-state index contributed by atoms with van der Waals surface area (Å²) < 4.78 is 16.3. The second kappa shape index (κ2) is 4.96. The van der Waals surface area contributed by atoms with Crippen LogP contribution in [-0.4, -0.2) is 30.9 Å². The third-order valence-electron chi connectivity index (χ3n) is 2.95. The molecule has 1 saturated heterocycles. The van der Waals surface area contributed by atoms with Gasteiger partial charge in [0.05, 0.1) is 26.2 Å². The lowest BCUT2D eigenvalue weighted by Crippen LogP contribution is -2.24. The minimum Gasteiger partial charge on any atom is -0.497 e. The molecule has 5 nitrogen and oxygen atoms in total. The Kier molecular flexibility index (Phi) is 3.54. The lowest BCUT2D eigenvalue weighted by Gasteiger charge is -2.23. The normalized spacial score (nSPS) is 27.1. The van der Waals surface area contributed by atoms with E-state index in [1.165, 1.54) is 0 Å². The topological polar surface area (TPSA) is 65.0 Å². The average molecular weight is 252 g/mol.